The molecule has 0 aliphatic carbocycles. The number of ether oxygens (including phenoxy) is 2. The quantitative estimate of drug-likeness (QED) is 0.830. The summed E-state index contributed by atoms with van der Waals surface area (Å²) < 4.78 is 13.6. The molecule has 2 aromatic rings. The molecule has 1 atom stereocenters. The van der Waals surface area contributed by atoms with Gasteiger partial charge in [-0.15, -0.1) is 0 Å². The molecule has 4 rings (SSSR count). The van der Waals surface area contributed by atoms with Crippen molar-refractivity contribution in [1.29, 1.82) is 0 Å². The van der Waals surface area contributed by atoms with Crippen molar-refractivity contribution < 1.29 is 14.3 Å². The summed E-state index contributed by atoms with van der Waals surface area (Å²) in [6.07, 6.45) is 4.16. The fourth-order valence-electron chi connectivity index (χ4n) is 3.44. The van der Waals surface area contributed by atoms with E-state index in [0.717, 1.165) is 38.4 Å². The first-order valence-corrected chi connectivity index (χ1v) is 9.06. The van der Waals surface area contributed by atoms with E-state index in [-0.39, 0.29) is 12.5 Å². The highest BCUT2D eigenvalue weighted by Gasteiger charge is 2.32. The van der Waals surface area contributed by atoms with E-state index in [9.17, 15) is 4.79 Å². The average Bonchev–Trinajstić information content (AvgIpc) is 2.93. The van der Waals surface area contributed by atoms with Crippen molar-refractivity contribution in [3.8, 4) is 11.5 Å². The highest BCUT2D eigenvalue weighted by molar-refractivity contribution is 5.82. The SMILES string of the molecule is Cn1ccnc1CN1CCCN(C(=O)C2COc3ccccc3O2)CC1. The van der Waals surface area contributed by atoms with Gasteiger partial charge in [0.15, 0.2) is 11.5 Å². The minimum atomic E-state index is -0.564. The number of carbonyl (C=O) groups is 1. The topological polar surface area (TPSA) is 59.8 Å². The highest BCUT2D eigenvalue weighted by Crippen LogP contribution is 2.31. The number of para-hydroxylation sites is 2. The molecule has 2 aliphatic heterocycles. The first-order valence-electron chi connectivity index (χ1n) is 9.06. The largest absolute Gasteiger partial charge is 0.485 e. The molecule has 26 heavy (non-hydrogen) atoms. The van der Waals surface area contributed by atoms with Crippen molar-refractivity contribution >= 4 is 5.91 Å². The lowest BCUT2D eigenvalue weighted by Crippen LogP contribution is -2.47. The maximum absolute atomic E-state index is 12.9. The highest BCUT2D eigenvalue weighted by atomic mass is 16.6. The summed E-state index contributed by atoms with van der Waals surface area (Å²) in [6, 6.07) is 7.48. The van der Waals surface area contributed by atoms with Gasteiger partial charge in [-0.05, 0) is 18.6 Å². The fourth-order valence-corrected chi connectivity index (χ4v) is 3.44. The fraction of sp³-hybridized carbons (Fsp3) is 0.474. The number of rotatable bonds is 3. The lowest BCUT2D eigenvalue weighted by atomic mass is 10.2. The van der Waals surface area contributed by atoms with Crippen molar-refractivity contribution in [2.75, 3.05) is 32.8 Å². The summed E-state index contributed by atoms with van der Waals surface area (Å²) in [6.45, 7) is 4.32. The van der Waals surface area contributed by atoms with Crippen LogP contribution in [0.5, 0.6) is 11.5 Å². The van der Waals surface area contributed by atoms with Crippen LogP contribution in [0, 0.1) is 0 Å². The van der Waals surface area contributed by atoms with Crippen LogP contribution >= 0.6 is 0 Å². The Morgan fingerprint density at radius 2 is 2.04 bits per heavy atom. The second-order valence-corrected chi connectivity index (χ2v) is 6.77. The van der Waals surface area contributed by atoms with Gasteiger partial charge in [0, 0.05) is 45.6 Å². The lowest BCUT2D eigenvalue weighted by Gasteiger charge is -2.30. The van der Waals surface area contributed by atoms with Gasteiger partial charge >= 0.3 is 0 Å². The van der Waals surface area contributed by atoms with Gasteiger partial charge in [0.2, 0.25) is 6.10 Å². The van der Waals surface area contributed by atoms with Crippen LogP contribution < -0.4 is 9.47 Å². The number of aryl methyl sites for hydroxylation is 1. The standard InChI is InChI=1S/C19H24N4O3/c1-21-10-7-20-18(21)13-22-8-4-9-23(12-11-22)19(24)17-14-25-15-5-2-3-6-16(15)26-17/h2-3,5-7,10,17H,4,8-9,11-14H2,1H3. The van der Waals surface area contributed by atoms with Gasteiger partial charge in [-0.2, -0.15) is 0 Å². The van der Waals surface area contributed by atoms with Crippen molar-refractivity contribution in [2.45, 2.75) is 19.1 Å². The van der Waals surface area contributed by atoms with E-state index in [1.54, 1.807) is 0 Å². The van der Waals surface area contributed by atoms with Gasteiger partial charge in [-0.3, -0.25) is 9.69 Å². The second-order valence-electron chi connectivity index (χ2n) is 6.77. The van der Waals surface area contributed by atoms with Gasteiger partial charge in [0.1, 0.15) is 12.4 Å². The lowest BCUT2D eigenvalue weighted by molar-refractivity contribution is -0.141. The molecule has 0 bridgehead atoms. The Morgan fingerprint density at radius 1 is 1.19 bits per heavy atom. The molecule has 1 aromatic heterocycles. The van der Waals surface area contributed by atoms with Crippen LogP contribution in [-0.4, -0.2) is 64.1 Å². The summed E-state index contributed by atoms with van der Waals surface area (Å²) >= 11 is 0. The number of fused-ring (bicyclic) bond motifs is 1. The maximum Gasteiger partial charge on any atom is 0.267 e. The normalized spacial score (nSPS) is 20.7. The molecule has 0 spiro atoms. The Labute approximate surface area is 153 Å². The summed E-state index contributed by atoms with van der Waals surface area (Å²) in [5.41, 5.74) is 0. The molecule has 2 aliphatic rings. The minimum absolute atomic E-state index is 0.0124. The third kappa shape index (κ3) is 3.53. The maximum atomic E-state index is 12.9. The van der Waals surface area contributed by atoms with Crippen LogP contribution in [-0.2, 0) is 18.4 Å². The molecule has 7 heteroatoms. The molecule has 1 aromatic carbocycles. The number of aromatic nitrogens is 2. The molecule has 1 unspecified atom stereocenters. The van der Waals surface area contributed by atoms with Crippen molar-refractivity contribution in [3.63, 3.8) is 0 Å². The van der Waals surface area contributed by atoms with Gasteiger partial charge < -0.3 is 18.9 Å². The zero-order valence-corrected chi connectivity index (χ0v) is 15.0. The zero-order chi connectivity index (χ0) is 17.9. The minimum Gasteiger partial charge on any atom is -0.485 e. The molecule has 0 N–H and O–H groups in total. The van der Waals surface area contributed by atoms with E-state index >= 15 is 0 Å². The summed E-state index contributed by atoms with van der Waals surface area (Å²) in [5.74, 6) is 2.40. The Hall–Kier alpha value is -2.54. The average molecular weight is 356 g/mol. The Morgan fingerprint density at radius 3 is 2.85 bits per heavy atom. The number of nitrogens with zero attached hydrogens (tertiary/aromatic N) is 4. The number of hydrogen-bond donors (Lipinski definition) is 0. The summed E-state index contributed by atoms with van der Waals surface area (Å²) in [5, 5.41) is 0. The van der Waals surface area contributed by atoms with Crippen LogP contribution in [0.3, 0.4) is 0 Å². The molecule has 138 valence electrons. The third-order valence-corrected chi connectivity index (χ3v) is 4.97. The van der Waals surface area contributed by atoms with Gasteiger partial charge in [-0.25, -0.2) is 4.98 Å². The van der Waals surface area contributed by atoms with E-state index < -0.39 is 6.10 Å². The number of amides is 1. The van der Waals surface area contributed by atoms with Gasteiger partial charge in [-0.1, -0.05) is 12.1 Å². The molecule has 3 heterocycles. The number of imidazole rings is 1. The third-order valence-electron chi connectivity index (χ3n) is 4.97. The molecule has 0 saturated carbocycles. The monoisotopic (exact) mass is 356 g/mol. The van der Waals surface area contributed by atoms with Crippen LogP contribution in [0.15, 0.2) is 36.7 Å². The molecule has 1 fully saturated rings. The van der Waals surface area contributed by atoms with Gasteiger partial charge in [0.05, 0.1) is 6.54 Å². The summed E-state index contributed by atoms with van der Waals surface area (Å²) in [4.78, 5) is 21.5. The molecule has 1 saturated heterocycles. The summed E-state index contributed by atoms with van der Waals surface area (Å²) in [7, 11) is 2.01. The molecular formula is C19H24N4O3. The van der Waals surface area contributed by atoms with E-state index in [1.165, 1.54) is 0 Å². The number of hydrogen-bond acceptors (Lipinski definition) is 5. The molecule has 1 amide bonds. The van der Waals surface area contributed by atoms with E-state index in [2.05, 4.69) is 9.88 Å². The smallest absolute Gasteiger partial charge is 0.267 e. The molecule has 0 radical (unpaired) electrons. The Bertz CT molecular complexity index is 776. The van der Waals surface area contributed by atoms with Crippen molar-refractivity contribution in [3.05, 3.63) is 42.5 Å². The van der Waals surface area contributed by atoms with Gasteiger partial charge in [0.25, 0.3) is 5.91 Å². The Kier molecular flexibility index (Phi) is 4.79. The van der Waals surface area contributed by atoms with Crippen LogP contribution in [0.25, 0.3) is 0 Å². The predicted octanol–water partition coefficient (Wildman–Crippen LogP) is 1.29. The van der Waals surface area contributed by atoms with E-state index in [1.807, 2.05) is 53.2 Å². The molecule has 7 nitrogen and oxygen atoms in total. The van der Waals surface area contributed by atoms with E-state index in [4.69, 9.17) is 9.47 Å². The first kappa shape index (κ1) is 16.9. The van der Waals surface area contributed by atoms with Crippen molar-refractivity contribution in [1.82, 2.24) is 19.4 Å². The predicted molar refractivity (Wildman–Crippen MR) is 96.0 cm³/mol. The zero-order valence-electron chi connectivity index (χ0n) is 15.0. The second kappa shape index (κ2) is 7.37. The van der Waals surface area contributed by atoms with E-state index in [0.29, 0.717) is 18.0 Å². The molecular weight excluding hydrogens is 332 g/mol. The van der Waals surface area contributed by atoms with Crippen LogP contribution in [0.2, 0.25) is 0 Å². The van der Waals surface area contributed by atoms with Crippen LogP contribution in [0.1, 0.15) is 12.2 Å². The first-order chi connectivity index (χ1) is 12.7. The number of carbonyl (C=O) groups excluding carboxylic acids is 1. The Balaban J connectivity index is 1.35. The van der Waals surface area contributed by atoms with Crippen molar-refractivity contribution in [2.24, 2.45) is 7.05 Å². The number of benzene rings is 1. The van der Waals surface area contributed by atoms with Crippen LogP contribution in [0.4, 0.5) is 0 Å².